The highest BCUT2D eigenvalue weighted by Crippen LogP contribution is 2.45. The Morgan fingerprint density at radius 3 is 1.26 bits per heavy atom. The molecule has 1 nitrogen and oxygen atoms in total. The van der Waals surface area contributed by atoms with Gasteiger partial charge in [-0.05, 0) is 50.6 Å². The second kappa shape index (κ2) is 5.14. The monoisotopic (exact) mass is 289 g/mol. The van der Waals surface area contributed by atoms with Gasteiger partial charge in [-0.2, -0.15) is 26.3 Å². The van der Waals surface area contributed by atoms with Crippen LogP contribution in [0.5, 0.6) is 0 Å². The lowest BCUT2D eigenvalue weighted by Crippen LogP contribution is -2.44. The predicted octanol–water partition coefficient (Wildman–Crippen LogP) is 3.75. The normalized spacial score (nSPS) is 35.7. The fourth-order valence-electron chi connectivity index (χ4n) is 2.83. The SMILES string of the molecule is FC(F)(F)C1CC(CNCC2CC(C(F)(F)F)C2)C1. The maximum absolute atomic E-state index is 12.2. The van der Waals surface area contributed by atoms with Crippen molar-refractivity contribution in [1.29, 1.82) is 0 Å². The number of hydrogen-bond donors (Lipinski definition) is 1. The van der Waals surface area contributed by atoms with Gasteiger partial charge in [-0.15, -0.1) is 0 Å². The van der Waals surface area contributed by atoms with E-state index in [1.54, 1.807) is 0 Å². The van der Waals surface area contributed by atoms with Gasteiger partial charge in [-0.3, -0.25) is 0 Å². The average molecular weight is 289 g/mol. The van der Waals surface area contributed by atoms with Crippen molar-refractivity contribution in [3.05, 3.63) is 0 Å². The summed E-state index contributed by atoms with van der Waals surface area (Å²) in [4.78, 5) is 0. The highest BCUT2D eigenvalue weighted by Gasteiger charge is 2.48. The highest BCUT2D eigenvalue weighted by molar-refractivity contribution is 4.88. The summed E-state index contributed by atoms with van der Waals surface area (Å²) < 4.78 is 73.3. The summed E-state index contributed by atoms with van der Waals surface area (Å²) in [6.45, 7) is 0.972. The van der Waals surface area contributed by atoms with Gasteiger partial charge in [0.15, 0.2) is 0 Å². The van der Waals surface area contributed by atoms with Crippen LogP contribution < -0.4 is 5.32 Å². The zero-order valence-electron chi connectivity index (χ0n) is 10.3. The number of rotatable bonds is 4. The minimum atomic E-state index is -4.09. The van der Waals surface area contributed by atoms with E-state index in [0.717, 1.165) is 0 Å². The number of hydrogen-bond acceptors (Lipinski definition) is 1. The molecule has 0 spiro atoms. The maximum atomic E-state index is 12.2. The van der Waals surface area contributed by atoms with Crippen molar-refractivity contribution in [3.8, 4) is 0 Å². The van der Waals surface area contributed by atoms with Crippen LogP contribution in [0, 0.1) is 23.7 Å². The number of halogens is 6. The van der Waals surface area contributed by atoms with E-state index < -0.39 is 24.2 Å². The summed E-state index contributed by atoms with van der Waals surface area (Å²) >= 11 is 0. The highest BCUT2D eigenvalue weighted by atomic mass is 19.4. The van der Waals surface area contributed by atoms with Crippen LogP contribution in [0.1, 0.15) is 25.7 Å². The molecule has 2 fully saturated rings. The van der Waals surface area contributed by atoms with Crippen molar-refractivity contribution in [3.63, 3.8) is 0 Å². The largest absolute Gasteiger partial charge is 0.391 e. The molecule has 0 unspecified atom stereocenters. The molecular formula is C12H17F6N. The van der Waals surface area contributed by atoms with Crippen LogP contribution in [-0.2, 0) is 0 Å². The Hall–Kier alpha value is -0.460. The van der Waals surface area contributed by atoms with Crippen LogP contribution in [0.15, 0.2) is 0 Å². The smallest absolute Gasteiger partial charge is 0.316 e. The lowest BCUT2D eigenvalue weighted by atomic mass is 9.73. The van der Waals surface area contributed by atoms with E-state index >= 15 is 0 Å². The lowest BCUT2D eigenvalue weighted by molar-refractivity contribution is -0.205. The van der Waals surface area contributed by atoms with E-state index in [1.807, 2.05) is 0 Å². The number of alkyl halides is 6. The maximum Gasteiger partial charge on any atom is 0.391 e. The van der Waals surface area contributed by atoms with Crippen molar-refractivity contribution >= 4 is 0 Å². The molecule has 0 aromatic carbocycles. The van der Waals surface area contributed by atoms with Crippen LogP contribution in [0.3, 0.4) is 0 Å². The van der Waals surface area contributed by atoms with Gasteiger partial charge in [0, 0.05) is 0 Å². The van der Waals surface area contributed by atoms with Crippen molar-refractivity contribution in [1.82, 2.24) is 5.32 Å². The Morgan fingerprint density at radius 2 is 1.00 bits per heavy atom. The fourth-order valence-corrected chi connectivity index (χ4v) is 2.83. The Morgan fingerprint density at radius 1 is 0.684 bits per heavy atom. The molecule has 0 atom stereocenters. The molecule has 0 heterocycles. The first kappa shape index (κ1) is 14.9. The molecule has 2 rings (SSSR count). The van der Waals surface area contributed by atoms with Gasteiger partial charge in [-0.1, -0.05) is 0 Å². The lowest BCUT2D eigenvalue weighted by Gasteiger charge is -2.39. The Kier molecular flexibility index (Phi) is 4.05. The van der Waals surface area contributed by atoms with E-state index in [4.69, 9.17) is 0 Å². The van der Waals surface area contributed by atoms with Crippen LogP contribution >= 0.6 is 0 Å². The first-order valence-corrected chi connectivity index (χ1v) is 6.50. The van der Waals surface area contributed by atoms with E-state index in [1.165, 1.54) is 0 Å². The Labute approximate surface area is 107 Å². The average Bonchev–Trinajstić information content (AvgIpc) is 2.06. The fraction of sp³-hybridized carbons (Fsp3) is 1.00. The second-order valence-electron chi connectivity index (χ2n) is 5.81. The van der Waals surface area contributed by atoms with E-state index in [0.29, 0.717) is 13.1 Å². The van der Waals surface area contributed by atoms with Crippen LogP contribution in [-0.4, -0.2) is 25.4 Å². The van der Waals surface area contributed by atoms with Gasteiger partial charge in [-0.25, -0.2) is 0 Å². The summed E-state index contributed by atoms with van der Waals surface area (Å²) in [5.74, 6) is -2.33. The summed E-state index contributed by atoms with van der Waals surface area (Å²) in [5, 5.41) is 3.00. The molecule has 1 N–H and O–H groups in total. The molecule has 0 saturated heterocycles. The summed E-state index contributed by atoms with van der Waals surface area (Å²) in [7, 11) is 0. The van der Waals surface area contributed by atoms with Gasteiger partial charge in [0.2, 0.25) is 0 Å². The molecule has 7 heteroatoms. The standard InChI is InChI=1S/C12H17F6N/c13-11(14,15)9-1-7(2-9)5-19-6-8-3-10(4-8)12(16,17)18/h7-10,19H,1-6H2. The van der Waals surface area contributed by atoms with Crippen LogP contribution in [0.25, 0.3) is 0 Å². The molecule has 2 aliphatic carbocycles. The second-order valence-corrected chi connectivity index (χ2v) is 5.81. The molecule has 2 saturated carbocycles. The number of nitrogens with one attached hydrogen (secondary N) is 1. The topological polar surface area (TPSA) is 12.0 Å². The first-order valence-electron chi connectivity index (χ1n) is 6.50. The third-order valence-electron chi connectivity index (χ3n) is 4.26. The van der Waals surface area contributed by atoms with E-state index in [2.05, 4.69) is 5.32 Å². The molecule has 19 heavy (non-hydrogen) atoms. The molecule has 112 valence electrons. The summed E-state index contributed by atoms with van der Waals surface area (Å²) in [6, 6.07) is 0. The quantitative estimate of drug-likeness (QED) is 0.777. The van der Waals surface area contributed by atoms with Gasteiger partial charge in [0.05, 0.1) is 11.8 Å². The summed E-state index contributed by atoms with van der Waals surface area (Å²) in [6.07, 6.45) is -7.60. The van der Waals surface area contributed by atoms with Gasteiger partial charge < -0.3 is 5.32 Å². The van der Waals surface area contributed by atoms with Crippen LogP contribution in [0.4, 0.5) is 26.3 Å². The van der Waals surface area contributed by atoms with Crippen LogP contribution in [0.2, 0.25) is 0 Å². The van der Waals surface area contributed by atoms with Crippen molar-refractivity contribution in [2.45, 2.75) is 38.0 Å². The zero-order chi connectivity index (χ0) is 14.3. The molecule has 0 amide bonds. The summed E-state index contributed by atoms with van der Waals surface area (Å²) in [5.41, 5.74) is 0. The van der Waals surface area contributed by atoms with Gasteiger partial charge in [0.25, 0.3) is 0 Å². The molecule has 0 aromatic rings. The van der Waals surface area contributed by atoms with E-state index in [9.17, 15) is 26.3 Å². The minimum absolute atomic E-state index is 0.0186. The van der Waals surface area contributed by atoms with Gasteiger partial charge >= 0.3 is 12.4 Å². The Bertz CT molecular complexity index is 268. The van der Waals surface area contributed by atoms with E-state index in [-0.39, 0.29) is 37.5 Å². The molecule has 0 bridgehead atoms. The third kappa shape index (κ3) is 3.77. The van der Waals surface area contributed by atoms with Gasteiger partial charge in [0.1, 0.15) is 0 Å². The van der Waals surface area contributed by atoms with Crippen molar-refractivity contribution < 1.29 is 26.3 Å². The molecule has 2 aliphatic rings. The third-order valence-corrected chi connectivity index (χ3v) is 4.26. The zero-order valence-corrected chi connectivity index (χ0v) is 10.3. The Balaban J connectivity index is 1.51. The van der Waals surface area contributed by atoms with Crippen molar-refractivity contribution in [2.75, 3.05) is 13.1 Å². The first-order chi connectivity index (χ1) is 8.66. The minimum Gasteiger partial charge on any atom is -0.316 e. The molecule has 0 radical (unpaired) electrons. The molecule has 0 aromatic heterocycles. The van der Waals surface area contributed by atoms with Crippen molar-refractivity contribution in [2.24, 2.45) is 23.7 Å². The molecule has 0 aliphatic heterocycles. The predicted molar refractivity (Wildman–Crippen MR) is 57.4 cm³/mol. The molecular weight excluding hydrogens is 272 g/mol.